The number of aliphatic hydroxyl groups is 1. The largest absolute Gasteiger partial charge is 0.395 e. The summed E-state index contributed by atoms with van der Waals surface area (Å²) in [6.07, 6.45) is 3.05. The van der Waals surface area contributed by atoms with Gasteiger partial charge in [-0.1, -0.05) is 24.0 Å². The highest BCUT2D eigenvalue weighted by atomic mass is 16.2. The van der Waals surface area contributed by atoms with E-state index in [-0.39, 0.29) is 6.61 Å². The molecule has 1 aromatic rings. The number of benzene rings is 1. The maximum atomic E-state index is 8.77. The molecule has 0 saturated carbocycles. The molecule has 0 radical (unpaired) electrons. The Labute approximate surface area is 128 Å². The molecule has 3 heteroatoms. The van der Waals surface area contributed by atoms with Crippen LogP contribution in [0.3, 0.4) is 0 Å². The minimum absolute atomic E-state index is 0.131. The first-order valence-corrected chi connectivity index (χ1v) is 7.76. The molecule has 1 aliphatic rings. The average Bonchev–Trinajstić information content (AvgIpc) is 2.48. The molecular weight excluding hydrogens is 260 g/mol. The van der Waals surface area contributed by atoms with Crippen LogP contribution in [0.2, 0.25) is 0 Å². The van der Waals surface area contributed by atoms with E-state index in [9.17, 15) is 0 Å². The Hall–Kier alpha value is -1.34. The second-order valence-electron chi connectivity index (χ2n) is 5.93. The standard InChI is InChI=1S/C18H26N2O/c1-19-11-9-18(10-12-19)20(2)15-17-8-5-7-16(14-17)6-3-4-13-21/h5,7-8,14,18,21H,4,9-13,15H2,1-2H3. The molecule has 0 amide bonds. The Morgan fingerprint density at radius 2 is 2.10 bits per heavy atom. The number of hydrogen-bond acceptors (Lipinski definition) is 3. The van der Waals surface area contributed by atoms with Crippen molar-refractivity contribution >= 4 is 0 Å². The SMILES string of the molecule is CN1CCC(N(C)Cc2cccc(C#CCCO)c2)CC1. The first kappa shape index (κ1) is 16.0. The van der Waals surface area contributed by atoms with Crippen LogP contribution in [0.4, 0.5) is 0 Å². The summed E-state index contributed by atoms with van der Waals surface area (Å²) >= 11 is 0. The fraction of sp³-hybridized carbons (Fsp3) is 0.556. The van der Waals surface area contributed by atoms with Gasteiger partial charge in [-0.25, -0.2) is 0 Å². The smallest absolute Gasteiger partial charge is 0.0540 e. The third-order valence-corrected chi connectivity index (χ3v) is 4.14. The highest BCUT2D eigenvalue weighted by Gasteiger charge is 2.20. The van der Waals surface area contributed by atoms with E-state index < -0.39 is 0 Å². The molecule has 1 saturated heterocycles. The van der Waals surface area contributed by atoms with Crippen molar-refractivity contribution in [2.75, 3.05) is 33.8 Å². The highest BCUT2D eigenvalue weighted by molar-refractivity contribution is 5.37. The first-order valence-electron chi connectivity index (χ1n) is 7.76. The van der Waals surface area contributed by atoms with Gasteiger partial charge in [0.25, 0.3) is 0 Å². The number of rotatable bonds is 4. The molecule has 1 aliphatic heterocycles. The van der Waals surface area contributed by atoms with Crippen LogP contribution < -0.4 is 0 Å². The normalized spacial score (nSPS) is 16.8. The zero-order chi connectivity index (χ0) is 15.1. The second kappa shape index (κ2) is 8.19. The van der Waals surface area contributed by atoms with Crippen molar-refractivity contribution in [1.82, 2.24) is 9.80 Å². The summed E-state index contributed by atoms with van der Waals surface area (Å²) < 4.78 is 0. The number of likely N-dealkylation sites (tertiary alicyclic amines) is 1. The molecule has 2 rings (SSSR count). The fourth-order valence-corrected chi connectivity index (χ4v) is 2.82. The van der Waals surface area contributed by atoms with E-state index in [1.165, 1.54) is 31.5 Å². The molecule has 1 N–H and O–H groups in total. The van der Waals surface area contributed by atoms with Crippen LogP contribution in [0.25, 0.3) is 0 Å². The zero-order valence-corrected chi connectivity index (χ0v) is 13.2. The monoisotopic (exact) mass is 286 g/mol. The molecule has 0 unspecified atom stereocenters. The van der Waals surface area contributed by atoms with E-state index in [0.29, 0.717) is 12.5 Å². The lowest BCUT2D eigenvalue weighted by atomic mass is 10.0. The van der Waals surface area contributed by atoms with Crippen molar-refractivity contribution in [2.24, 2.45) is 0 Å². The van der Waals surface area contributed by atoms with E-state index >= 15 is 0 Å². The molecule has 0 aromatic heterocycles. The highest BCUT2D eigenvalue weighted by Crippen LogP contribution is 2.17. The summed E-state index contributed by atoms with van der Waals surface area (Å²) in [5, 5.41) is 8.77. The molecule has 1 heterocycles. The van der Waals surface area contributed by atoms with Gasteiger partial charge < -0.3 is 10.0 Å². The average molecular weight is 286 g/mol. The molecule has 0 aliphatic carbocycles. The minimum atomic E-state index is 0.131. The van der Waals surface area contributed by atoms with E-state index in [1.807, 2.05) is 6.07 Å². The van der Waals surface area contributed by atoms with Gasteiger partial charge in [0.05, 0.1) is 6.61 Å². The summed E-state index contributed by atoms with van der Waals surface area (Å²) in [6.45, 7) is 3.50. The summed E-state index contributed by atoms with van der Waals surface area (Å²) in [7, 11) is 4.42. The molecule has 114 valence electrons. The van der Waals surface area contributed by atoms with E-state index in [0.717, 1.165) is 12.1 Å². The Kier molecular flexibility index (Phi) is 6.25. The summed E-state index contributed by atoms with van der Waals surface area (Å²) in [6, 6.07) is 9.12. The molecular formula is C18H26N2O. The van der Waals surface area contributed by atoms with Crippen LogP contribution >= 0.6 is 0 Å². The van der Waals surface area contributed by atoms with Crippen molar-refractivity contribution in [3.8, 4) is 11.8 Å². The lowest BCUT2D eigenvalue weighted by Crippen LogP contribution is -2.41. The van der Waals surface area contributed by atoms with Gasteiger partial charge in [0, 0.05) is 24.6 Å². The Bertz CT molecular complexity index is 495. The van der Waals surface area contributed by atoms with Crippen molar-refractivity contribution in [3.63, 3.8) is 0 Å². The molecule has 1 aromatic carbocycles. The molecule has 0 spiro atoms. The molecule has 1 fully saturated rings. The minimum Gasteiger partial charge on any atom is -0.395 e. The van der Waals surface area contributed by atoms with Crippen molar-refractivity contribution in [2.45, 2.75) is 31.8 Å². The lowest BCUT2D eigenvalue weighted by molar-refractivity contribution is 0.139. The molecule has 0 atom stereocenters. The van der Waals surface area contributed by atoms with Crippen LogP contribution in [-0.4, -0.2) is 54.7 Å². The van der Waals surface area contributed by atoms with E-state index in [1.54, 1.807) is 0 Å². The predicted molar refractivity (Wildman–Crippen MR) is 87.0 cm³/mol. The van der Waals surface area contributed by atoms with Crippen LogP contribution in [0.5, 0.6) is 0 Å². The third kappa shape index (κ3) is 5.17. The Balaban J connectivity index is 1.93. The lowest BCUT2D eigenvalue weighted by Gasteiger charge is -2.35. The number of aliphatic hydroxyl groups excluding tert-OH is 1. The van der Waals surface area contributed by atoms with Crippen molar-refractivity contribution in [3.05, 3.63) is 35.4 Å². The van der Waals surface area contributed by atoms with Crippen LogP contribution in [0.1, 0.15) is 30.4 Å². The second-order valence-corrected chi connectivity index (χ2v) is 5.93. The number of hydrogen-bond donors (Lipinski definition) is 1. The van der Waals surface area contributed by atoms with E-state index in [4.69, 9.17) is 5.11 Å². The van der Waals surface area contributed by atoms with Gasteiger partial charge in [0.1, 0.15) is 0 Å². The van der Waals surface area contributed by atoms with Gasteiger partial charge in [-0.05, 0) is 57.7 Å². The van der Waals surface area contributed by atoms with Crippen molar-refractivity contribution < 1.29 is 5.11 Å². The van der Waals surface area contributed by atoms with Gasteiger partial charge in [0.2, 0.25) is 0 Å². The number of piperidine rings is 1. The summed E-state index contributed by atoms with van der Waals surface area (Å²) in [4.78, 5) is 4.87. The van der Waals surface area contributed by atoms with Gasteiger partial charge in [-0.2, -0.15) is 0 Å². The quantitative estimate of drug-likeness (QED) is 0.857. The first-order chi connectivity index (χ1) is 10.2. The molecule has 21 heavy (non-hydrogen) atoms. The Morgan fingerprint density at radius 3 is 2.81 bits per heavy atom. The zero-order valence-electron chi connectivity index (χ0n) is 13.2. The Morgan fingerprint density at radius 1 is 1.33 bits per heavy atom. The van der Waals surface area contributed by atoms with Crippen molar-refractivity contribution in [1.29, 1.82) is 0 Å². The number of nitrogens with zero attached hydrogens (tertiary/aromatic N) is 2. The summed E-state index contributed by atoms with van der Waals surface area (Å²) in [5.74, 6) is 6.09. The molecule has 0 bridgehead atoms. The summed E-state index contributed by atoms with van der Waals surface area (Å²) in [5.41, 5.74) is 2.35. The third-order valence-electron chi connectivity index (χ3n) is 4.14. The fourth-order valence-electron chi connectivity index (χ4n) is 2.82. The topological polar surface area (TPSA) is 26.7 Å². The van der Waals surface area contributed by atoms with Gasteiger partial charge in [0.15, 0.2) is 0 Å². The van der Waals surface area contributed by atoms with Gasteiger partial charge in [-0.3, -0.25) is 4.90 Å². The van der Waals surface area contributed by atoms with Crippen LogP contribution in [0.15, 0.2) is 24.3 Å². The van der Waals surface area contributed by atoms with E-state index in [2.05, 4.69) is 53.9 Å². The van der Waals surface area contributed by atoms with Gasteiger partial charge >= 0.3 is 0 Å². The predicted octanol–water partition coefficient (Wildman–Crippen LogP) is 1.95. The maximum absolute atomic E-state index is 8.77. The van der Waals surface area contributed by atoms with Gasteiger partial charge in [-0.15, -0.1) is 0 Å². The van der Waals surface area contributed by atoms with Crippen LogP contribution in [0, 0.1) is 11.8 Å². The molecule has 3 nitrogen and oxygen atoms in total. The maximum Gasteiger partial charge on any atom is 0.0540 e. The van der Waals surface area contributed by atoms with Crippen LogP contribution in [-0.2, 0) is 6.54 Å².